The first-order chi connectivity index (χ1) is 8.18. The summed E-state index contributed by atoms with van der Waals surface area (Å²) in [6, 6.07) is 4.06. The van der Waals surface area contributed by atoms with Gasteiger partial charge in [0.25, 0.3) is 0 Å². The SMILES string of the molecule is CC(N)CCCC(C)c1nnc2cccnn12. The number of nitrogens with two attached hydrogens (primary N) is 1. The van der Waals surface area contributed by atoms with Crippen LogP contribution >= 0.6 is 0 Å². The fourth-order valence-corrected chi connectivity index (χ4v) is 1.94. The zero-order valence-electron chi connectivity index (χ0n) is 10.4. The van der Waals surface area contributed by atoms with Gasteiger partial charge in [-0.1, -0.05) is 13.3 Å². The van der Waals surface area contributed by atoms with Crippen molar-refractivity contribution in [1.82, 2.24) is 19.8 Å². The van der Waals surface area contributed by atoms with Gasteiger partial charge >= 0.3 is 0 Å². The first kappa shape index (κ1) is 12.0. The van der Waals surface area contributed by atoms with Crippen molar-refractivity contribution in [2.24, 2.45) is 5.73 Å². The molecule has 2 aromatic rings. The summed E-state index contributed by atoms with van der Waals surface area (Å²) in [6.45, 7) is 4.20. The molecular weight excluding hydrogens is 214 g/mol. The maximum Gasteiger partial charge on any atom is 0.177 e. The van der Waals surface area contributed by atoms with Crippen LogP contribution in [0.25, 0.3) is 5.65 Å². The molecule has 0 aliphatic heterocycles. The van der Waals surface area contributed by atoms with Crippen LogP contribution in [-0.2, 0) is 0 Å². The van der Waals surface area contributed by atoms with E-state index in [0.717, 1.165) is 30.7 Å². The van der Waals surface area contributed by atoms with Gasteiger partial charge in [-0.25, -0.2) is 0 Å². The minimum atomic E-state index is 0.274. The number of aromatic nitrogens is 4. The first-order valence-electron chi connectivity index (χ1n) is 6.10. The molecule has 0 saturated heterocycles. The van der Waals surface area contributed by atoms with E-state index < -0.39 is 0 Å². The molecular formula is C12H19N5. The van der Waals surface area contributed by atoms with Crippen molar-refractivity contribution < 1.29 is 0 Å². The van der Waals surface area contributed by atoms with Crippen molar-refractivity contribution in [2.75, 3.05) is 0 Å². The van der Waals surface area contributed by atoms with E-state index >= 15 is 0 Å². The molecule has 0 amide bonds. The van der Waals surface area contributed by atoms with Crippen LogP contribution in [-0.4, -0.2) is 25.9 Å². The molecule has 0 radical (unpaired) electrons. The van der Waals surface area contributed by atoms with Gasteiger partial charge in [-0.15, -0.1) is 10.2 Å². The van der Waals surface area contributed by atoms with Crippen molar-refractivity contribution in [2.45, 2.75) is 45.1 Å². The fourth-order valence-electron chi connectivity index (χ4n) is 1.94. The molecule has 2 rings (SSSR count). The maximum atomic E-state index is 5.74. The molecule has 0 aliphatic rings. The number of hydrogen-bond acceptors (Lipinski definition) is 4. The van der Waals surface area contributed by atoms with Crippen LogP contribution < -0.4 is 5.73 Å². The summed E-state index contributed by atoms with van der Waals surface area (Å²) < 4.78 is 1.82. The van der Waals surface area contributed by atoms with Gasteiger partial charge in [0.05, 0.1) is 0 Å². The smallest absolute Gasteiger partial charge is 0.177 e. The topological polar surface area (TPSA) is 69.1 Å². The van der Waals surface area contributed by atoms with Gasteiger partial charge in [0.2, 0.25) is 0 Å². The molecule has 2 aromatic heterocycles. The Morgan fingerprint density at radius 3 is 2.88 bits per heavy atom. The summed E-state index contributed by atoms with van der Waals surface area (Å²) in [6.07, 6.45) is 4.99. The largest absolute Gasteiger partial charge is 0.328 e. The van der Waals surface area contributed by atoms with Gasteiger partial charge in [0.1, 0.15) is 0 Å². The molecule has 5 heteroatoms. The lowest BCUT2D eigenvalue weighted by Gasteiger charge is -2.10. The summed E-state index contributed by atoms with van der Waals surface area (Å²) in [5, 5.41) is 12.6. The van der Waals surface area contributed by atoms with Crippen LogP contribution in [0.1, 0.15) is 44.9 Å². The number of nitrogens with zero attached hydrogens (tertiary/aromatic N) is 4. The monoisotopic (exact) mass is 233 g/mol. The third-order valence-corrected chi connectivity index (χ3v) is 2.94. The summed E-state index contributed by atoms with van der Waals surface area (Å²) >= 11 is 0. The second-order valence-electron chi connectivity index (χ2n) is 4.66. The van der Waals surface area contributed by atoms with E-state index in [9.17, 15) is 0 Å². The molecule has 2 unspecified atom stereocenters. The number of rotatable bonds is 5. The molecule has 2 N–H and O–H groups in total. The van der Waals surface area contributed by atoms with E-state index in [-0.39, 0.29) is 6.04 Å². The predicted octanol–water partition coefficient (Wildman–Crippen LogP) is 1.75. The van der Waals surface area contributed by atoms with Crippen LogP contribution in [0.5, 0.6) is 0 Å². The molecule has 2 heterocycles. The van der Waals surface area contributed by atoms with Crippen LogP contribution in [0.4, 0.5) is 0 Å². The van der Waals surface area contributed by atoms with Gasteiger partial charge in [-0.3, -0.25) is 0 Å². The van der Waals surface area contributed by atoms with Crippen molar-refractivity contribution in [3.05, 3.63) is 24.2 Å². The van der Waals surface area contributed by atoms with Crippen molar-refractivity contribution >= 4 is 5.65 Å². The summed E-state index contributed by atoms with van der Waals surface area (Å²) in [5.74, 6) is 1.30. The third-order valence-electron chi connectivity index (χ3n) is 2.94. The van der Waals surface area contributed by atoms with E-state index in [2.05, 4.69) is 22.2 Å². The molecule has 0 saturated carbocycles. The first-order valence-corrected chi connectivity index (χ1v) is 6.10. The van der Waals surface area contributed by atoms with Gasteiger partial charge < -0.3 is 5.73 Å². The fraction of sp³-hybridized carbons (Fsp3) is 0.583. The van der Waals surface area contributed by atoms with Gasteiger partial charge in [-0.05, 0) is 31.9 Å². The predicted molar refractivity (Wildman–Crippen MR) is 66.7 cm³/mol. The van der Waals surface area contributed by atoms with Crippen LogP contribution in [0.15, 0.2) is 18.3 Å². The summed E-state index contributed by atoms with van der Waals surface area (Å²) in [7, 11) is 0. The average Bonchev–Trinajstić information content (AvgIpc) is 2.72. The average molecular weight is 233 g/mol. The highest BCUT2D eigenvalue weighted by Crippen LogP contribution is 2.19. The molecule has 2 atom stereocenters. The van der Waals surface area contributed by atoms with E-state index in [1.807, 2.05) is 23.6 Å². The molecule has 0 aromatic carbocycles. The Bertz CT molecular complexity index is 476. The van der Waals surface area contributed by atoms with E-state index in [1.54, 1.807) is 6.20 Å². The second-order valence-corrected chi connectivity index (χ2v) is 4.66. The normalized spacial score (nSPS) is 15.0. The lowest BCUT2D eigenvalue weighted by Crippen LogP contribution is -2.14. The van der Waals surface area contributed by atoms with Gasteiger partial charge in [-0.2, -0.15) is 9.61 Å². The Labute approximate surface area is 101 Å². The van der Waals surface area contributed by atoms with Crippen molar-refractivity contribution in [3.8, 4) is 0 Å². The third kappa shape index (κ3) is 2.79. The minimum Gasteiger partial charge on any atom is -0.328 e. The van der Waals surface area contributed by atoms with E-state index in [4.69, 9.17) is 5.73 Å². The zero-order chi connectivity index (χ0) is 12.3. The second kappa shape index (κ2) is 5.23. The number of fused-ring (bicyclic) bond motifs is 1. The van der Waals surface area contributed by atoms with Gasteiger partial charge in [0.15, 0.2) is 11.5 Å². The molecule has 17 heavy (non-hydrogen) atoms. The van der Waals surface area contributed by atoms with Crippen molar-refractivity contribution in [1.29, 1.82) is 0 Å². The molecule has 0 spiro atoms. The summed E-state index contributed by atoms with van der Waals surface area (Å²) in [4.78, 5) is 0. The summed E-state index contributed by atoms with van der Waals surface area (Å²) in [5.41, 5.74) is 6.55. The molecule has 0 bridgehead atoms. The molecule has 5 nitrogen and oxygen atoms in total. The highest BCUT2D eigenvalue weighted by molar-refractivity contribution is 5.35. The van der Waals surface area contributed by atoms with Crippen LogP contribution in [0, 0.1) is 0 Å². The Morgan fingerprint density at radius 2 is 2.12 bits per heavy atom. The Morgan fingerprint density at radius 1 is 1.29 bits per heavy atom. The Balaban J connectivity index is 2.06. The van der Waals surface area contributed by atoms with Crippen LogP contribution in [0.2, 0.25) is 0 Å². The maximum absolute atomic E-state index is 5.74. The Kier molecular flexibility index (Phi) is 3.68. The standard InChI is InChI=1S/C12H19N5/c1-9(5-3-6-10(2)13)12-16-15-11-7-4-8-14-17(11)12/h4,7-10H,3,5-6,13H2,1-2H3. The highest BCUT2D eigenvalue weighted by Gasteiger charge is 2.13. The lowest BCUT2D eigenvalue weighted by atomic mass is 10.0. The molecule has 0 aliphatic carbocycles. The lowest BCUT2D eigenvalue weighted by molar-refractivity contribution is 0.535. The Hall–Kier alpha value is -1.49. The zero-order valence-corrected chi connectivity index (χ0v) is 10.4. The van der Waals surface area contributed by atoms with Gasteiger partial charge in [0, 0.05) is 18.2 Å². The highest BCUT2D eigenvalue weighted by atomic mass is 15.4. The quantitative estimate of drug-likeness (QED) is 0.854. The van der Waals surface area contributed by atoms with Crippen LogP contribution in [0.3, 0.4) is 0 Å². The molecule has 92 valence electrons. The minimum absolute atomic E-state index is 0.274. The van der Waals surface area contributed by atoms with E-state index in [1.165, 1.54) is 0 Å². The molecule has 0 fully saturated rings. The number of hydrogen-bond donors (Lipinski definition) is 1. The van der Waals surface area contributed by atoms with E-state index in [0.29, 0.717) is 5.92 Å². The van der Waals surface area contributed by atoms with Crippen molar-refractivity contribution in [3.63, 3.8) is 0 Å².